The fourth-order valence-corrected chi connectivity index (χ4v) is 4.14. The highest BCUT2D eigenvalue weighted by molar-refractivity contribution is 7.92. The van der Waals surface area contributed by atoms with Gasteiger partial charge in [-0.05, 0) is 54.6 Å². The number of hydrogen-bond donors (Lipinski definition) is 2. The van der Waals surface area contributed by atoms with Gasteiger partial charge in [-0.25, -0.2) is 12.8 Å². The van der Waals surface area contributed by atoms with Gasteiger partial charge in [-0.3, -0.25) is 19.6 Å². The summed E-state index contributed by atoms with van der Waals surface area (Å²) in [6, 6.07) is 12.6. The molecule has 178 valence electrons. The van der Waals surface area contributed by atoms with Gasteiger partial charge in [-0.2, -0.15) is 0 Å². The number of nitro benzene ring substituents is 1. The number of hydrogen-bond acceptors (Lipinski definition) is 7. The Labute approximate surface area is 195 Å². The van der Waals surface area contributed by atoms with E-state index in [9.17, 15) is 27.7 Å². The molecular formula is C22H21FN4O6S. The van der Waals surface area contributed by atoms with Crippen LogP contribution in [-0.2, 0) is 10.0 Å². The van der Waals surface area contributed by atoms with Crippen LogP contribution in [0.15, 0.2) is 65.6 Å². The molecule has 0 heterocycles. The Bertz CT molecular complexity index is 1340. The predicted octanol–water partition coefficient (Wildman–Crippen LogP) is 3.86. The third-order valence-corrected chi connectivity index (χ3v) is 6.12. The molecule has 0 bridgehead atoms. The largest absolute Gasteiger partial charge is 0.495 e. The van der Waals surface area contributed by atoms with Gasteiger partial charge in [0.1, 0.15) is 17.3 Å². The second-order valence-corrected chi connectivity index (χ2v) is 8.97. The molecule has 12 heteroatoms. The quantitative estimate of drug-likeness (QED) is 0.364. The molecule has 0 spiro atoms. The third-order valence-electron chi connectivity index (χ3n) is 4.74. The number of carbonyl (C=O) groups is 1. The van der Waals surface area contributed by atoms with Crippen molar-refractivity contribution in [3.8, 4) is 5.75 Å². The predicted molar refractivity (Wildman–Crippen MR) is 126 cm³/mol. The van der Waals surface area contributed by atoms with Crippen molar-refractivity contribution in [2.45, 2.75) is 4.90 Å². The summed E-state index contributed by atoms with van der Waals surface area (Å²) in [5.41, 5.74) is 0.380. The zero-order chi connectivity index (χ0) is 25.0. The number of nitro groups is 1. The standard InChI is InChI=1S/C22H21FN4O6S/c1-26(2)19-10-4-14(12-20(19)27(29)30)22(28)24-16-7-11-21(33-3)18(13-16)25-34(31,32)17-8-5-15(23)6-9-17/h4-13,25H,1-3H3,(H,24,28). The highest BCUT2D eigenvalue weighted by Gasteiger charge is 2.20. The summed E-state index contributed by atoms with van der Waals surface area (Å²) in [4.78, 5) is 24.9. The number of halogens is 1. The Morgan fingerprint density at radius 3 is 2.32 bits per heavy atom. The summed E-state index contributed by atoms with van der Waals surface area (Å²) in [6.45, 7) is 0. The summed E-state index contributed by atoms with van der Waals surface area (Å²) in [6.07, 6.45) is 0. The van der Waals surface area contributed by atoms with Crippen LogP contribution in [-0.4, -0.2) is 40.5 Å². The molecular weight excluding hydrogens is 467 g/mol. The molecule has 3 rings (SSSR count). The molecule has 34 heavy (non-hydrogen) atoms. The average Bonchev–Trinajstić information content (AvgIpc) is 2.78. The average molecular weight is 488 g/mol. The second kappa shape index (κ2) is 9.75. The van der Waals surface area contributed by atoms with Gasteiger partial charge in [0.2, 0.25) is 0 Å². The van der Waals surface area contributed by atoms with E-state index in [1.807, 2.05) is 0 Å². The molecule has 10 nitrogen and oxygen atoms in total. The number of sulfonamides is 1. The van der Waals surface area contributed by atoms with Gasteiger partial charge in [0.15, 0.2) is 0 Å². The number of amides is 1. The molecule has 1 amide bonds. The smallest absolute Gasteiger partial charge is 0.293 e. The lowest BCUT2D eigenvalue weighted by atomic mass is 10.1. The first-order valence-corrected chi connectivity index (χ1v) is 11.2. The fraction of sp³-hybridized carbons (Fsp3) is 0.136. The van der Waals surface area contributed by atoms with Crippen LogP contribution in [0.5, 0.6) is 5.75 Å². The first kappa shape index (κ1) is 24.5. The summed E-state index contributed by atoms with van der Waals surface area (Å²) >= 11 is 0. The number of nitrogens with one attached hydrogen (secondary N) is 2. The lowest BCUT2D eigenvalue weighted by molar-refractivity contribution is -0.384. The van der Waals surface area contributed by atoms with Crippen LogP contribution in [0.2, 0.25) is 0 Å². The van der Waals surface area contributed by atoms with Crippen LogP contribution in [0.25, 0.3) is 0 Å². The number of nitrogens with zero attached hydrogens (tertiary/aromatic N) is 2. The van der Waals surface area contributed by atoms with Gasteiger partial charge < -0.3 is 15.0 Å². The molecule has 3 aromatic rings. The highest BCUT2D eigenvalue weighted by Crippen LogP contribution is 2.31. The Morgan fingerprint density at radius 2 is 1.74 bits per heavy atom. The van der Waals surface area contributed by atoms with Crippen molar-refractivity contribution in [2.75, 3.05) is 36.1 Å². The van der Waals surface area contributed by atoms with Crippen molar-refractivity contribution in [3.05, 3.63) is 82.2 Å². The van der Waals surface area contributed by atoms with E-state index in [0.29, 0.717) is 5.69 Å². The van der Waals surface area contributed by atoms with E-state index in [0.717, 1.165) is 30.3 Å². The first-order valence-electron chi connectivity index (χ1n) is 9.75. The van der Waals surface area contributed by atoms with E-state index in [1.54, 1.807) is 19.0 Å². The highest BCUT2D eigenvalue weighted by atomic mass is 32.2. The SMILES string of the molecule is COc1ccc(NC(=O)c2ccc(N(C)C)c([N+](=O)[O-])c2)cc1NS(=O)(=O)c1ccc(F)cc1. The van der Waals surface area contributed by atoms with E-state index >= 15 is 0 Å². The summed E-state index contributed by atoms with van der Waals surface area (Å²) in [5.74, 6) is -1.04. The summed E-state index contributed by atoms with van der Waals surface area (Å²) in [5, 5.41) is 14.0. The van der Waals surface area contributed by atoms with Crippen LogP contribution in [0.3, 0.4) is 0 Å². The van der Waals surface area contributed by atoms with Crippen LogP contribution in [0, 0.1) is 15.9 Å². The van der Waals surface area contributed by atoms with Crippen molar-refractivity contribution in [2.24, 2.45) is 0 Å². The number of carbonyl (C=O) groups excluding carboxylic acids is 1. The molecule has 0 aliphatic rings. The van der Waals surface area contributed by atoms with E-state index in [-0.39, 0.29) is 33.3 Å². The zero-order valence-electron chi connectivity index (χ0n) is 18.4. The number of benzene rings is 3. The normalized spacial score (nSPS) is 10.9. The van der Waals surface area contributed by atoms with Gasteiger partial charge in [0.25, 0.3) is 21.6 Å². The monoisotopic (exact) mass is 488 g/mol. The topological polar surface area (TPSA) is 131 Å². The van der Waals surface area contributed by atoms with Crippen LogP contribution in [0.1, 0.15) is 10.4 Å². The third kappa shape index (κ3) is 5.41. The Morgan fingerprint density at radius 1 is 1.06 bits per heavy atom. The van der Waals surface area contributed by atoms with E-state index < -0.39 is 26.7 Å². The maximum absolute atomic E-state index is 13.2. The van der Waals surface area contributed by atoms with Crippen LogP contribution < -0.4 is 19.7 Å². The maximum Gasteiger partial charge on any atom is 0.293 e. The minimum atomic E-state index is -4.08. The van der Waals surface area contributed by atoms with Gasteiger partial charge in [0, 0.05) is 31.4 Å². The minimum absolute atomic E-state index is 0.0264. The van der Waals surface area contributed by atoms with Gasteiger partial charge in [-0.15, -0.1) is 0 Å². The van der Waals surface area contributed by atoms with Gasteiger partial charge in [0.05, 0.1) is 22.6 Å². The summed E-state index contributed by atoms with van der Waals surface area (Å²) in [7, 11) is 0.558. The van der Waals surface area contributed by atoms with Crippen molar-refractivity contribution in [3.63, 3.8) is 0 Å². The molecule has 0 radical (unpaired) electrons. The van der Waals surface area contributed by atoms with Crippen molar-refractivity contribution in [1.82, 2.24) is 0 Å². The maximum atomic E-state index is 13.2. The van der Waals surface area contributed by atoms with Crippen molar-refractivity contribution in [1.29, 1.82) is 0 Å². The molecule has 0 unspecified atom stereocenters. The molecule has 2 N–H and O–H groups in total. The van der Waals surface area contributed by atoms with E-state index in [4.69, 9.17) is 4.74 Å². The van der Waals surface area contributed by atoms with Crippen LogP contribution >= 0.6 is 0 Å². The lowest BCUT2D eigenvalue weighted by Gasteiger charge is -2.15. The van der Waals surface area contributed by atoms with Crippen molar-refractivity contribution >= 4 is 38.7 Å². The lowest BCUT2D eigenvalue weighted by Crippen LogP contribution is -2.16. The Hall–Kier alpha value is -4.19. The number of ether oxygens (including phenoxy) is 1. The zero-order valence-corrected chi connectivity index (χ0v) is 19.2. The molecule has 0 aliphatic heterocycles. The first-order chi connectivity index (χ1) is 16.0. The fourth-order valence-electron chi connectivity index (χ4n) is 3.08. The van der Waals surface area contributed by atoms with Gasteiger partial charge >= 0.3 is 0 Å². The molecule has 3 aromatic carbocycles. The van der Waals surface area contributed by atoms with Crippen LogP contribution in [0.4, 0.5) is 27.1 Å². The van der Waals surface area contributed by atoms with Gasteiger partial charge in [-0.1, -0.05) is 0 Å². The molecule has 0 aliphatic carbocycles. The number of anilines is 3. The Balaban J connectivity index is 1.88. The molecule has 0 saturated carbocycles. The molecule has 0 atom stereocenters. The molecule has 0 saturated heterocycles. The van der Waals surface area contributed by atoms with Crippen molar-refractivity contribution < 1.29 is 27.3 Å². The second-order valence-electron chi connectivity index (χ2n) is 7.28. The van der Waals surface area contributed by atoms with E-state index in [2.05, 4.69) is 10.0 Å². The number of methoxy groups -OCH3 is 1. The molecule has 0 aromatic heterocycles. The number of rotatable bonds is 8. The molecule has 0 fully saturated rings. The Kier molecular flexibility index (Phi) is 7.01. The minimum Gasteiger partial charge on any atom is -0.495 e. The van der Waals surface area contributed by atoms with E-state index in [1.165, 1.54) is 37.4 Å². The summed E-state index contributed by atoms with van der Waals surface area (Å²) < 4.78 is 46.0.